The number of anilines is 1. The first-order chi connectivity index (χ1) is 12.7. The first-order valence-corrected chi connectivity index (χ1v) is 8.92. The summed E-state index contributed by atoms with van der Waals surface area (Å²) in [6.45, 7) is 9.46. The first-order valence-electron chi connectivity index (χ1n) is 8.92. The fraction of sp³-hybridized carbons (Fsp3) is 0.500. The largest absolute Gasteiger partial charge is 0.361 e. The number of carbonyl (C=O) groups excluding carboxylic acids is 1. The third-order valence-corrected chi connectivity index (χ3v) is 4.82. The summed E-state index contributed by atoms with van der Waals surface area (Å²) in [6, 6.07) is 5.63. The second kappa shape index (κ2) is 6.04. The van der Waals surface area contributed by atoms with Crippen LogP contribution in [0.3, 0.4) is 0 Å². The summed E-state index contributed by atoms with van der Waals surface area (Å²) in [5, 5.41) is 17.0. The Morgan fingerprint density at radius 3 is 2.63 bits per heavy atom. The van der Waals surface area contributed by atoms with E-state index in [4.69, 9.17) is 9.62 Å². The van der Waals surface area contributed by atoms with Gasteiger partial charge >= 0.3 is 0 Å². The van der Waals surface area contributed by atoms with Gasteiger partial charge in [-0.1, -0.05) is 25.9 Å². The Bertz CT molecular complexity index is 995. The van der Waals surface area contributed by atoms with Crippen molar-refractivity contribution in [1.29, 1.82) is 0 Å². The number of fused-ring (bicyclic) bond motifs is 1. The minimum Gasteiger partial charge on any atom is -0.361 e. The van der Waals surface area contributed by atoms with Gasteiger partial charge in [0.2, 0.25) is 0 Å². The summed E-state index contributed by atoms with van der Waals surface area (Å²) in [5.41, 5.74) is 0.923. The van der Waals surface area contributed by atoms with E-state index < -0.39 is 0 Å². The molecule has 0 aliphatic carbocycles. The SMILES string of the molecule is Cc1cc(C(=O)N(C)C2CN(c3ccc4nnc(C(C)(C)C)n4n3)C2)no1. The zero-order valence-corrected chi connectivity index (χ0v) is 16.2. The van der Waals surface area contributed by atoms with Crippen LogP contribution in [0.5, 0.6) is 0 Å². The summed E-state index contributed by atoms with van der Waals surface area (Å²) in [7, 11) is 1.79. The van der Waals surface area contributed by atoms with E-state index in [9.17, 15) is 4.79 Å². The molecule has 0 N–H and O–H groups in total. The molecule has 1 fully saturated rings. The van der Waals surface area contributed by atoms with Crippen LogP contribution in [0.1, 0.15) is 42.8 Å². The van der Waals surface area contributed by atoms with E-state index in [0.29, 0.717) is 24.5 Å². The first kappa shape index (κ1) is 17.4. The minimum atomic E-state index is -0.148. The van der Waals surface area contributed by atoms with E-state index in [0.717, 1.165) is 17.3 Å². The van der Waals surface area contributed by atoms with E-state index in [1.807, 2.05) is 12.1 Å². The number of carbonyl (C=O) groups is 1. The highest BCUT2D eigenvalue weighted by Crippen LogP contribution is 2.25. The van der Waals surface area contributed by atoms with Crippen molar-refractivity contribution >= 4 is 17.4 Å². The summed E-state index contributed by atoms with van der Waals surface area (Å²) in [4.78, 5) is 16.3. The van der Waals surface area contributed by atoms with Crippen molar-refractivity contribution in [3.8, 4) is 0 Å². The van der Waals surface area contributed by atoms with Crippen molar-refractivity contribution in [2.24, 2.45) is 0 Å². The van der Waals surface area contributed by atoms with E-state index >= 15 is 0 Å². The number of hydrogen-bond donors (Lipinski definition) is 0. The molecule has 9 heteroatoms. The second-order valence-electron chi connectivity index (χ2n) is 8.03. The van der Waals surface area contributed by atoms with Crippen LogP contribution >= 0.6 is 0 Å². The Labute approximate surface area is 156 Å². The van der Waals surface area contributed by atoms with Gasteiger partial charge in [-0.3, -0.25) is 4.79 Å². The molecule has 142 valence electrons. The summed E-state index contributed by atoms with van der Waals surface area (Å²) in [6.07, 6.45) is 0. The topological polar surface area (TPSA) is 92.7 Å². The monoisotopic (exact) mass is 369 g/mol. The molecule has 0 aromatic carbocycles. The van der Waals surface area contributed by atoms with Crippen LogP contribution in [-0.4, -0.2) is 62.0 Å². The Morgan fingerprint density at radius 1 is 1.26 bits per heavy atom. The molecule has 4 rings (SSSR count). The number of aromatic nitrogens is 5. The summed E-state index contributed by atoms with van der Waals surface area (Å²) in [5.74, 6) is 2.17. The molecule has 1 saturated heterocycles. The Hall–Kier alpha value is -2.97. The molecule has 0 radical (unpaired) electrons. The zero-order chi connectivity index (χ0) is 19.3. The standard InChI is InChI=1S/C18H23N7O2/c1-11-8-13(22-27-11)16(26)23(5)12-9-24(10-12)15-7-6-14-19-20-17(18(2,3)4)25(14)21-15/h6-8,12H,9-10H2,1-5H3. The molecular formula is C18H23N7O2. The highest BCUT2D eigenvalue weighted by atomic mass is 16.5. The zero-order valence-electron chi connectivity index (χ0n) is 16.2. The highest BCUT2D eigenvalue weighted by Gasteiger charge is 2.35. The molecule has 0 bridgehead atoms. The molecule has 3 aromatic heterocycles. The molecule has 1 aliphatic rings. The summed E-state index contributed by atoms with van der Waals surface area (Å²) >= 11 is 0. The predicted octanol–water partition coefficient (Wildman–Crippen LogP) is 1.68. The van der Waals surface area contributed by atoms with Crippen LogP contribution in [0.2, 0.25) is 0 Å². The number of likely N-dealkylation sites (N-methyl/N-ethyl adjacent to an activating group) is 1. The molecule has 0 saturated carbocycles. The number of aryl methyl sites for hydroxylation is 1. The van der Waals surface area contributed by atoms with Crippen LogP contribution < -0.4 is 4.90 Å². The second-order valence-corrected chi connectivity index (χ2v) is 8.03. The van der Waals surface area contributed by atoms with E-state index in [2.05, 4.69) is 41.0 Å². The maximum Gasteiger partial charge on any atom is 0.276 e. The lowest BCUT2D eigenvalue weighted by Gasteiger charge is -2.44. The number of rotatable bonds is 3. The number of nitrogens with zero attached hydrogens (tertiary/aromatic N) is 7. The van der Waals surface area contributed by atoms with Crippen molar-refractivity contribution in [2.75, 3.05) is 25.0 Å². The van der Waals surface area contributed by atoms with Crippen molar-refractivity contribution in [2.45, 2.75) is 39.2 Å². The van der Waals surface area contributed by atoms with Crippen molar-refractivity contribution in [3.63, 3.8) is 0 Å². The fourth-order valence-electron chi connectivity index (χ4n) is 3.12. The van der Waals surface area contributed by atoms with Gasteiger partial charge in [0.05, 0.1) is 6.04 Å². The number of amides is 1. The molecular weight excluding hydrogens is 346 g/mol. The van der Waals surface area contributed by atoms with Crippen molar-refractivity contribution in [3.05, 3.63) is 35.5 Å². The van der Waals surface area contributed by atoms with Crippen LogP contribution in [0.25, 0.3) is 5.65 Å². The van der Waals surface area contributed by atoms with Gasteiger partial charge in [-0.2, -0.15) is 4.52 Å². The Balaban J connectivity index is 1.48. The molecule has 0 spiro atoms. The minimum absolute atomic E-state index is 0.106. The normalized spacial score (nSPS) is 15.2. The lowest BCUT2D eigenvalue weighted by atomic mass is 9.96. The predicted molar refractivity (Wildman–Crippen MR) is 98.8 cm³/mol. The van der Waals surface area contributed by atoms with Crippen molar-refractivity contribution in [1.82, 2.24) is 29.9 Å². The van der Waals surface area contributed by atoms with E-state index in [1.165, 1.54) is 0 Å². The number of hydrogen-bond acceptors (Lipinski definition) is 7. The molecule has 27 heavy (non-hydrogen) atoms. The molecule has 1 amide bonds. The molecule has 0 atom stereocenters. The van der Waals surface area contributed by atoms with Gasteiger partial charge in [0.15, 0.2) is 17.2 Å². The molecule has 3 aromatic rings. The Morgan fingerprint density at radius 2 is 2.00 bits per heavy atom. The lowest BCUT2D eigenvalue weighted by molar-refractivity contribution is 0.0694. The smallest absolute Gasteiger partial charge is 0.276 e. The Kier molecular flexibility index (Phi) is 3.90. The maximum atomic E-state index is 12.5. The fourth-order valence-corrected chi connectivity index (χ4v) is 3.12. The van der Waals surface area contributed by atoms with Crippen LogP contribution in [0.4, 0.5) is 5.82 Å². The van der Waals surface area contributed by atoms with Crippen LogP contribution in [0, 0.1) is 6.92 Å². The average molecular weight is 369 g/mol. The van der Waals surface area contributed by atoms with Gasteiger partial charge < -0.3 is 14.3 Å². The van der Waals surface area contributed by atoms with Gasteiger partial charge in [-0.15, -0.1) is 15.3 Å². The van der Waals surface area contributed by atoms with Gasteiger partial charge in [0, 0.05) is 31.6 Å². The van der Waals surface area contributed by atoms with Crippen LogP contribution in [0.15, 0.2) is 22.7 Å². The quantitative estimate of drug-likeness (QED) is 0.693. The van der Waals surface area contributed by atoms with Gasteiger partial charge in [0.25, 0.3) is 5.91 Å². The van der Waals surface area contributed by atoms with Crippen molar-refractivity contribution < 1.29 is 9.32 Å². The van der Waals surface area contributed by atoms with E-state index in [-0.39, 0.29) is 17.4 Å². The summed E-state index contributed by atoms with van der Waals surface area (Å²) < 4.78 is 6.80. The van der Waals surface area contributed by atoms with Gasteiger partial charge in [-0.05, 0) is 19.1 Å². The van der Waals surface area contributed by atoms with Gasteiger partial charge in [0.1, 0.15) is 11.6 Å². The van der Waals surface area contributed by atoms with E-state index in [1.54, 1.807) is 29.5 Å². The molecule has 1 aliphatic heterocycles. The maximum absolute atomic E-state index is 12.5. The van der Waals surface area contributed by atoms with Crippen LogP contribution in [-0.2, 0) is 5.41 Å². The highest BCUT2D eigenvalue weighted by molar-refractivity contribution is 5.92. The van der Waals surface area contributed by atoms with Gasteiger partial charge in [-0.25, -0.2) is 0 Å². The third-order valence-electron chi connectivity index (χ3n) is 4.82. The molecule has 4 heterocycles. The molecule has 0 unspecified atom stereocenters. The molecule has 9 nitrogen and oxygen atoms in total. The average Bonchev–Trinajstić information content (AvgIpc) is 3.18. The third kappa shape index (κ3) is 3.02. The lowest BCUT2D eigenvalue weighted by Crippen LogP contribution is -2.60.